The Morgan fingerprint density at radius 2 is 1.79 bits per heavy atom. The molecular formula is C19H22ClNO3. The molecule has 0 saturated carbocycles. The van der Waals surface area contributed by atoms with Gasteiger partial charge in [0.05, 0.1) is 0 Å². The van der Waals surface area contributed by atoms with E-state index in [9.17, 15) is 9.90 Å². The number of aliphatic hydroxyl groups excluding tert-OH is 1. The lowest BCUT2D eigenvalue weighted by Gasteiger charge is -2.16. The fraction of sp³-hybridized carbons (Fsp3) is 0.316. The third-order valence-electron chi connectivity index (χ3n) is 3.75. The minimum absolute atomic E-state index is 0.0301. The largest absolute Gasteiger partial charge is 0.484 e. The number of rotatable bonds is 9. The monoisotopic (exact) mass is 347 g/mol. The van der Waals surface area contributed by atoms with E-state index in [2.05, 4.69) is 5.32 Å². The van der Waals surface area contributed by atoms with Crippen molar-refractivity contribution in [3.8, 4) is 5.75 Å². The SMILES string of the molecule is O=C(COc1ccc(Cl)cc1)NCC[C@H](CCO)c1ccccc1. The van der Waals surface area contributed by atoms with Gasteiger partial charge in [0.15, 0.2) is 6.61 Å². The van der Waals surface area contributed by atoms with Crippen molar-refractivity contribution in [1.29, 1.82) is 0 Å². The molecule has 0 radical (unpaired) electrons. The van der Waals surface area contributed by atoms with Crippen molar-refractivity contribution in [2.75, 3.05) is 19.8 Å². The van der Waals surface area contributed by atoms with Crippen molar-refractivity contribution in [3.05, 3.63) is 65.2 Å². The predicted octanol–water partition coefficient (Wildman–Crippen LogP) is 3.39. The lowest BCUT2D eigenvalue weighted by Crippen LogP contribution is -2.30. The highest BCUT2D eigenvalue weighted by atomic mass is 35.5. The maximum absolute atomic E-state index is 11.8. The molecule has 0 aliphatic rings. The fourth-order valence-electron chi connectivity index (χ4n) is 2.48. The van der Waals surface area contributed by atoms with Crippen molar-refractivity contribution in [2.45, 2.75) is 18.8 Å². The van der Waals surface area contributed by atoms with Gasteiger partial charge in [-0.3, -0.25) is 4.79 Å². The van der Waals surface area contributed by atoms with E-state index in [1.807, 2.05) is 30.3 Å². The van der Waals surface area contributed by atoms with Gasteiger partial charge in [-0.25, -0.2) is 0 Å². The summed E-state index contributed by atoms with van der Waals surface area (Å²) in [5.41, 5.74) is 1.18. The zero-order valence-corrected chi connectivity index (χ0v) is 14.2. The second-order valence-corrected chi connectivity index (χ2v) is 5.94. The van der Waals surface area contributed by atoms with Crippen LogP contribution < -0.4 is 10.1 Å². The van der Waals surface area contributed by atoms with Gasteiger partial charge >= 0.3 is 0 Å². The first-order chi connectivity index (χ1) is 11.7. The van der Waals surface area contributed by atoms with E-state index in [1.54, 1.807) is 24.3 Å². The summed E-state index contributed by atoms with van der Waals surface area (Å²) in [6.07, 6.45) is 1.46. The van der Waals surface area contributed by atoms with Gasteiger partial charge in [0.2, 0.25) is 0 Å². The van der Waals surface area contributed by atoms with Crippen LogP contribution in [0.3, 0.4) is 0 Å². The van der Waals surface area contributed by atoms with Crippen LogP contribution in [0.2, 0.25) is 5.02 Å². The van der Waals surface area contributed by atoms with E-state index in [1.165, 1.54) is 5.56 Å². The van der Waals surface area contributed by atoms with Crippen molar-refractivity contribution < 1.29 is 14.6 Å². The predicted molar refractivity (Wildman–Crippen MR) is 95.5 cm³/mol. The molecule has 24 heavy (non-hydrogen) atoms. The van der Waals surface area contributed by atoms with Crippen LogP contribution in [0, 0.1) is 0 Å². The Morgan fingerprint density at radius 3 is 2.46 bits per heavy atom. The molecule has 0 unspecified atom stereocenters. The van der Waals surface area contributed by atoms with Crippen LogP contribution in [0.15, 0.2) is 54.6 Å². The van der Waals surface area contributed by atoms with E-state index in [0.717, 1.165) is 6.42 Å². The van der Waals surface area contributed by atoms with Crippen LogP contribution in [0.4, 0.5) is 0 Å². The third-order valence-corrected chi connectivity index (χ3v) is 4.00. The average Bonchev–Trinajstić information content (AvgIpc) is 2.61. The number of amides is 1. The van der Waals surface area contributed by atoms with Crippen LogP contribution in [-0.4, -0.2) is 30.8 Å². The van der Waals surface area contributed by atoms with E-state index in [-0.39, 0.29) is 25.0 Å². The summed E-state index contributed by atoms with van der Waals surface area (Å²) in [5.74, 6) is 0.673. The Hall–Kier alpha value is -2.04. The minimum atomic E-state index is -0.166. The smallest absolute Gasteiger partial charge is 0.257 e. The van der Waals surface area contributed by atoms with Gasteiger partial charge in [-0.1, -0.05) is 41.9 Å². The molecule has 2 N–H and O–H groups in total. The van der Waals surface area contributed by atoms with Crippen molar-refractivity contribution in [2.24, 2.45) is 0 Å². The molecule has 0 aliphatic carbocycles. The van der Waals surface area contributed by atoms with Crippen LogP contribution in [0.25, 0.3) is 0 Å². The number of hydrogen-bond acceptors (Lipinski definition) is 3. The Bertz CT molecular complexity index is 616. The molecular weight excluding hydrogens is 326 g/mol. The van der Waals surface area contributed by atoms with Crippen molar-refractivity contribution >= 4 is 17.5 Å². The second-order valence-electron chi connectivity index (χ2n) is 5.50. The second kappa shape index (κ2) is 9.96. The summed E-state index contributed by atoms with van der Waals surface area (Å²) in [6, 6.07) is 16.9. The summed E-state index contributed by atoms with van der Waals surface area (Å²) in [4.78, 5) is 11.8. The molecule has 1 atom stereocenters. The van der Waals surface area contributed by atoms with Gasteiger partial charge in [0.1, 0.15) is 5.75 Å². The van der Waals surface area contributed by atoms with Crippen molar-refractivity contribution in [1.82, 2.24) is 5.32 Å². The topological polar surface area (TPSA) is 58.6 Å². The zero-order chi connectivity index (χ0) is 17.2. The number of nitrogens with one attached hydrogen (secondary N) is 1. The number of halogens is 1. The Balaban J connectivity index is 1.73. The van der Waals surface area contributed by atoms with Gasteiger partial charge < -0.3 is 15.2 Å². The summed E-state index contributed by atoms with van der Waals surface area (Å²) < 4.78 is 5.40. The molecule has 0 bridgehead atoms. The molecule has 0 aliphatic heterocycles. The maximum atomic E-state index is 11.8. The molecule has 2 aromatic carbocycles. The molecule has 0 aromatic heterocycles. The highest BCUT2D eigenvalue weighted by Crippen LogP contribution is 2.22. The lowest BCUT2D eigenvalue weighted by atomic mass is 9.93. The molecule has 1 amide bonds. The summed E-state index contributed by atoms with van der Waals surface area (Å²) >= 11 is 5.80. The molecule has 0 fully saturated rings. The highest BCUT2D eigenvalue weighted by molar-refractivity contribution is 6.30. The lowest BCUT2D eigenvalue weighted by molar-refractivity contribution is -0.123. The van der Waals surface area contributed by atoms with E-state index >= 15 is 0 Å². The normalized spacial score (nSPS) is 11.8. The first-order valence-electron chi connectivity index (χ1n) is 8.00. The van der Waals surface area contributed by atoms with Crippen LogP contribution in [0.5, 0.6) is 5.75 Å². The Morgan fingerprint density at radius 1 is 1.08 bits per heavy atom. The summed E-state index contributed by atoms with van der Waals surface area (Å²) in [5, 5.41) is 12.7. The van der Waals surface area contributed by atoms with Gasteiger partial charge in [-0.05, 0) is 48.6 Å². The molecule has 0 saturated heterocycles. The first kappa shape index (κ1) is 18.3. The molecule has 2 rings (SSSR count). The maximum Gasteiger partial charge on any atom is 0.257 e. The van der Waals surface area contributed by atoms with Gasteiger partial charge in [0, 0.05) is 18.2 Å². The molecule has 0 spiro atoms. The van der Waals surface area contributed by atoms with Crippen LogP contribution in [-0.2, 0) is 4.79 Å². The van der Waals surface area contributed by atoms with Gasteiger partial charge in [-0.15, -0.1) is 0 Å². The van der Waals surface area contributed by atoms with Gasteiger partial charge in [0.25, 0.3) is 5.91 Å². The molecule has 0 heterocycles. The van der Waals surface area contributed by atoms with E-state index < -0.39 is 0 Å². The van der Waals surface area contributed by atoms with E-state index in [4.69, 9.17) is 16.3 Å². The molecule has 5 heteroatoms. The van der Waals surface area contributed by atoms with Crippen LogP contribution in [0.1, 0.15) is 24.3 Å². The average molecular weight is 348 g/mol. The fourth-order valence-corrected chi connectivity index (χ4v) is 2.60. The Kier molecular flexibility index (Phi) is 7.59. The number of aliphatic hydroxyl groups is 1. The minimum Gasteiger partial charge on any atom is -0.484 e. The quantitative estimate of drug-likeness (QED) is 0.731. The number of benzene rings is 2. The molecule has 4 nitrogen and oxygen atoms in total. The summed E-state index contributed by atoms with van der Waals surface area (Å²) in [7, 11) is 0. The molecule has 128 valence electrons. The van der Waals surface area contributed by atoms with Crippen LogP contribution >= 0.6 is 11.6 Å². The third kappa shape index (κ3) is 6.22. The molecule has 2 aromatic rings. The number of hydrogen-bond donors (Lipinski definition) is 2. The number of carbonyl (C=O) groups excluding carboxylic acids is 1. The standard InChI is InChI=1S/C19H22ClNO3/c20-17-6-8-18(9-7-17)24-14-19(23)21-12-10-16(11-13-22)15-4-2-1-3-5-15/h1-9,16,22H,10-14H2,(H,21,23)/t16-/m1/s1. The number of carbonyl (C=O) groups is 1. The van der Waals surface area contributed by atoms with E-state index in [0.29, 0.717) is 23.7 Å². The van der Waals surface area contributed by atoms with Crippen molar-refractivity contribution in [3.63, 3.8) is 0 Å². The number of ether oxygens (including phenoxy) is 1. The first-order valence-corrected chi connectivity index (χ1v) is 8.37. The Labute approximate surface area is 147 Å². The van der Waals surface area contributed by atoms with Gasteiger partial charge in [-0.2, -0.15) is 0 Å². The highest BCUT2D eigenvalue weighted by Gasteiger charge is 2.11. The summed E-state index contributed by atoms with van der Waals surface area (Å²) in [6.45, 7) is 0.646. The zero-order valence-electron chi connectivity index (χ0n) is 13.5.